The molecule has 8 heteroatoms. The first-order valence-corrected chi connectivity index (χ1v) is 9.48. The fourth-order valence-corrected chi connectivity index (χ4v) is 3.99. The van der Waals surface area contributed by atoms with E-state index in [9.17, 15) is 9.59 Å². The SMILES string of the molecule is NC(=O)c1ccc(-c2csc(NC3CCC(CNC(=O)O)CC3)n2)cc1. The number of nitrogens with one attached hydrogen (secondary N) is 2. The van der Waals surface area contributed by atoms with Crippen LogP contribution in [0.5, 0.6) is 0 Å². The summed E-state index contributed by atoms with van der Waals surface area (Å²) in [6.45, 7) is 0.532. The highest BCUT2D eigenvalue weighted by molar-refractivity contribution is 7.14. The third-order valence-electron chi connectivity index (χ3n) is 4.69. The second kappa shape index (κ2) is 8.18. The van der Waals surface area contributed by atoms with Crippen molar-refractivity contribution in [1.82, 2.24) is 10.3 Å². The van der Waals surface area contributed by atoms with Gasteiger partial charge >= 0.3 is 6.09 Å². The minimum Gasteiger partial charge on any atom is -0.465 e. The second-order valence-corrected chi connectivity index (χ2v) is 7.39. The molecule has 0 radical (unpaired) electrons. The number of aromatic nitrogens is 1. The number of benzene rings is 1. The number of nitrogens with two attached hydrogens (primary N) is 1. The van der Waals surface area contributed by atoms with E-state index in [2.05, 4.69) is 15.6 Å². The lowest BCUT2D eigenvalue weighted by molar-refractivity contribution is 0.1000. The lowest BCUT2D eigenvalue weighted by Gasteiger charge is -2.28. The number of carbonyl (C=O) groups excluding carboxylic acids is 1. The molecular weight excluding hydrogens is 352 g/mol. The van der Waals surface area contributed by atoms with Gasteiger partial charge in [0.2, 0.25) is 5.91 Å². The Morgan fingerprint density at radius 3 is 2.50 bits per heavy atom. The van der Waals surface area contributed by atoms with Crippen LogP contribution in [-0.4, -0.2) is 34.7 Å². The van der Waals surface area contributed by atoms with Gasteiger partial charge < -0.3 is 21.5 Å². The van der Waals surface area contributed by atoms with Gasteiger partial charge in [0, 0.05) is 29.1 Å². The van der Waals surface area contributed by atoms with Crippen LogP contribution in [0.25, 0.3) is 11.3 Å². The van der Waals surface area contributed by atoms with Crippen LogP contribution in [0, 0.1) is 5.92 Å². The van der Waals surface area contributed by atoms with E-state index in [1.807, 2.05) is 17.5 Å². The third kappa shape index (κ3) is 4.72. The van der Waals surface area contributed by atoms with E-state index >= 15 is 0 Å². The highest BCUT2D eigenvalue weighted by atomic mass is 32.1. The number of primary amides is 1. The van der Waals surface area contributed by atoms with Crippen LogP contribution in [0.1, 0.15) is 36.0 Å². The minimum atomic E-state index is -0.954. The maximum Gasteiger partial charge on any atom is 0.404 e. The Labute approximate surface area is 155 Å². The number of carboxylic acid groups (broad SMARTS) is 1. The average Bonchev–Trinajstić information content (AvgIpc) is 3.09. The molecule has 1 saturated carbocycles. The number of thiazole rings is 1. The number of hydrogen-bond donors (Lipinski definition) is 4. The first-order chi connectivity index (χ1) is 12.5. The molecule has 1 heterocycles. The van der Waals surface area contributed by atoms with Crippen molar-refractivity contribution in [2.45, 2.75) is 31.7 Å². The normalized spacial score (nSPS) is 19.7. The monoisotopic (exact) mass is 374 g/mol. The molecule has 0 saturated heterocycles. The summed E-state index contributed by atoms with van der Waals surface area (Å²) in [5, 5.41) is 17.5. The summed E-state index contributed by atoms with van der Waals surface area (Å²) in [5.74, 6) is -0.0221. The van der Waals surface area contributed by atoms with E-state index in [0.29, 0.717) is 24.1 Å². The molecule has 26 heavy (non-hydrogen) atoms. The molecule has 2 amide bonds. The van der Waals surface area contributed by atoms with Gasteiger partial charge in [-0.3, -0.25) is 4.79 Å². The van der Waals surface area contributed by atoms with Gasteiger partial charge in [-0.15, -0.1) is 11.3 Å². The van der Waals surface area contributed by atoms with Crippen molar-refractivity contribution in [3.8, 4) is 11.3 Å². The first-order valence-electron chi connectivity index (χ1n) is 8.60. The van der Waals surface area contributed by atoms with Crippen molar-refractivity contribution in [3.63, 3.8) is 0 Å². The van der Waals surface area contributed by atoms with E-state index in [4.69, 9.17) is 10.8 Å². The molecule has 3 rings (SSSR count). The van der Waals surface area contributed by atoms with E-state index in [-0.39, 0.29) is 0 Å². The molecule has 1 aromatic heterocycles. The molecule has 1 aliphatic rings. The predicted octanol–water partition coefficient (Wildman–Crippen LogP) is 3.15. The molecule has 0 unspecified atom stereocenters. The van der Waals surface area contributed by atoms with Gasteiger partial charge in [-0.1, -0.05) is 12.1 Å². The topological polar surface area (TPSA) is 117 Å². The van der Waals surface area contributed by atoms with Crippen LogP contribution >= 0.6 is 11.3 Å². The summed E-state index contributed by atoms with van der Waals surface area (Å²) in [7, 11) is 0. The van der Waals surface area contributed by atoms with Crippen LogP contribution in [0.15, 0.2) is 29.6 Å². The summed E-state index contributed by atoms with van der Waals surface area (Å²) in [4.78, 5) is 26.3. The Balaban J connectivity index is 1.53. The number of anilines is 1. The molecule has 138 valence electrons. The molecule has 2 aromatic rings. The van der Waals surface area contributed by atoms with E-state index in [1.165, 1.54) is 0 Å². The number of hydrogen-bond acceptors (Lipinski definition) is 5. The summed E-state index contributed by atoms with van der Waals surface area (Å²) in [6, 6.07) is 7.47. The van der Waals surface area contributed by atoms with Crippen LogP contribution in [0.3, 0.4) is 0 Å². The van der Waals surface area contributed by atoms with Crippen molar-refractivity contribution >= 4 is 28.5 Å². The van der Waals surface area contributed by atoms with Crippen molar-refractivity contribution in [2.75, 3.05) is 11.9 Å². The Hall–Kier alpha value is -2.61. The average molecular weight is 374 g/mol. The number of carbonyl (C=O) groups is 2. The van der Waals surface area contributed by atoms with Crippen molar-refractivity contribution in [2.24, 2.45) is 11.7 Å². The third-order valence-corrected chi connectivity index (χ3v) is 5.46. The summed E-state index contributed by atoms with van der Waals surface area (Å²) in [6.07, 6.45) is 3.07. The van der Waals surface area contributed by atoms with Crippen LogP contribution in [-0.2, 0) is 0 Å². The number of nitrogens with zero attached hydrogens (tertiary/aromatic N) is 1. The Bertz CT molecular complexity index is 767. The first kappa shape index (κ1) is 18.2. The zero-order valence-corrected chi connectivity index (χ0v) is 15.1. The van der Waals surface area contributed by atoms with E-state index in [0.717, 1.165) is 42.1 Å². The Morgan fingerprint density at radius 1 is 1.19 bits per heavy atom. The van der Waals surface area contributed by atoms with Crippen LogP contribution in [0.4, 0.5) is 9.93 Å². The van der Waals surface area contributed by atoms with Crippen LogP contribution in [0.2, 0.25) is 0 Å². The quantitative estimate of drug-likeness (QED) is 0.619. The Kier molecular flexibility index (Phi) is 5.72. The molecule has 0 spiro atoms. The van der Waals surface area contributed by atoms with Gasteiger partial charge in [0.15, 0.2) is 5.13 Å². The Morgan fingerprint density at radius 2 is 1.88 bits per heavy atom. The fourth-order valence-electron chi connectivity index (χ4n) is 3.20. The summed E-state index contributed by atoms with van der Waals surface area (Å²) >= 11 is 1.56. The van der Waals surface area contributed by atoms with Gasteiger partial charge in [-0.25, -0.2) is 9.78 Å². The van der Waals surface area contributed by atoms with E-state index in [1.54, 1.807) is 23.5 Å². The molecule has 0 atom stereocenters. The molecular formula is C18H22N4O3S. The highest BCUT2D eigenvalue weighted by Crippen LogP contribution is 2.29. The lowest BCUT2D eigenvalue weighted by atomic mass is 9.86. The lowest BCUT2D eigenvalue weighted by Crippen LogP contribution is -2.33. The largest absolute Gasteiger partial charge is 0.465 e. The van der Waals surface area contributed by atoms with Crippen LogP contribution < -0.4 is 16.4 Å². The molecule has 1 fully saturated rings. The molecule has 5 N–H and O–H groups in total. The standard InChI is InChI=1S/C18H22N4O3S/c19-16(23)13-5-3-12(4-6-13)15-10-26-17(22-15)21-14-7-1-11(2-8-14)9-20-18(24)25/h3-6,10-11,14,20H,1-2,7-9H2,(H2,19,23)(H,21,22)(H,24,25). The predicted molar refractivity (Wildman–Crippen MR) is 101 cm³/mol. The molecule has 7 nitrogen and oxygen atoms in total. The van der Waals surface area contributed by atoms with Gasteiger partial charge in [0.1, 0.15) is 0 Å². The van der Waals surface area contributed by atoms with Crippen molar-refractivity contribution in [1.29, 1.82) is 0 Å². The zero-order chi connectivity index (χ0) is 18.5. The van der Waals surface area contributed by atoms with Gasteiger partial charge in [0.25, 0.3) is 0 Å². The van der Waals surface area contributed by atoms with Gasteiger partial charge in [-0.2, -0.15) is 0 Å². The maximum atomic E-state index is 11.1. The smallest absolute Gasteiger partial charge is 0.404 e. The van der Waals surface area contributed by atoms with Crippen molar-refractivity contribution < 1.29 is 14.7 Å². The summed E-state index contributed by atoms with van der Waals surface area (Å²) in [5.41, 5.74) is 7.56. The highest BCUT2D eigenvalue weighted by Gasteiger charge is 2.22. The van der Waals surface area contributed by atoms with Gasteiger partial charge in [0.05, 0.1) is 5.69 Å². The fraction of sp³-hybridized carbons (Fsp3) is 0.389. The molecule has 1 aromatic carbocycles. The second-order valence-electron chi connectivity index (χ2n) is 6.53. The summed E-state index contributed by atoms with van der Waals surface area (Å²) < 4.78 is 0. The van der Waals surface area contributed by atoms with Gasteiger partial charge in [-0.05, 0) is 43.7 Å². The zero-order valence-electron chi connectivity index (χ0n) is 14.3. The van der Waals surface area contributed by atoms with E-state index < -0.39 is 12.0 Å². The molecule has 0 bridgehead atoms. The minimum absolute atomic E-state index is 0.368. The maximum absolute atomic E-state index is 11.1. The molecule has 1 aliphatic carbocycles. The molecule has 0 aliphatic heterocycles. The number of amides is 2. The number of rotatable bonds is 6. The van der Waals surface area contributed by atoms with Crippen molar-refractivity contribution in [3.05, 3.63) is 35.2 Å².